The van der Waals surface area contributed by atoms with Crippen molar-refractivity contribution in [2.75, 3.05) is 31.7 Å². The number of ether oxygens (including phenoxy) is 1. The maximum absolute atomic E-state index is 6.00. The average Bonchev–Trinajstić information content (AvgIpc) is 2.48. The van der Waals surface area contributed by atoms with Crippen LogP contribution in [0.1, 0.15) is 37.4 Å². The van der Waals surface area contributed by atoms with Crippen LogP contribution in [-0.2, 0) is 17.0 Å². The zero-order chi connectivity index (χ0) is 14.4. The highest BCUT2D eigenvalue weighted by Crippen LogP contribution is 2.21. The molecule has 20 heavy (non-hydrogen) atoms. The van der Waals surface area contributed by atoms with Gasteiger partial charge >= 0.3 is 0 Å². The van der Waals surface area contributed by atoms with Crippen LogP contribution in [0.15, 0.2) is 12.1 Å². The number of pyridine rings is 1. The standard InChI is InChI=1S/C16H25ClN2O/c1-3-4-15-9-14(11-17)10-16(18-15)19(2)12-13-5-7-20-8-6-13/h9-10,13H,3-8,11-12H2,1-2H3. The van der Waals surface area contributed by atoms with E-state index in [1.807, 2.05) is 0 Å². The number of alkyl halides is 1. The van der Waals surface area contributed by atoms with Crippen LogP contribution < -0.4 is 4.90 Å². The Morgan fingerprint density at radius 2 is 2.10 bits per heavy atom. The highest BCUT2D eigenvalue weighted by atomic mass is 35.5. The van der Waals surface area contributed by atoms with E-state index < -0.39 is 0 Å². The van der Waals surface area contributed by atoms with Crippen molar-refractivity contribution in [3.63, 3.8) is 0 Å². The lowest BCUT2D eigenvalue weighted by Gasteiger charge is -2.28. The first kappa shape index (κ1) is 15.6. The number of halogens is 1. The fourth-order valence-electron chi connectivity index (χ4n) is 2.70. The maximum atomic E-state index is 6.00. The first-order valence-corrected chi connectivity index (χ1v) is 8.11. The van der Waals surface area contributed by atoms with Gasteiger partial charge in [-0.25, -0.2) is 4.98 Å². The molecule has 0 unspecified atom stereocenters. The number of hydrogen-bond donors (Lipinski definition) is 0. The molecule has 2 heterocycles. The normalized spacial score (nSPS) is 16.4. The molecule has 0 spiro atoms. The highest BCUT2D eigenvalue weighted by Gasteiger charge is 2.17. The summed E-state index contributed by atoms with van der Waals surface area (Å²) in [5.41, 5.74) is 2.32. The van der Waals surface area contributed by atoms with Crippen molar-refractivity contribution >= 4 is 17.4 Å². The van der Waals surface area contributed by atoms with Gasteiger partial charge in [-0.3, -0.25) is 0 Å². The molecule has 0 N–H and O–H groups in total. The molecule has 2 rings (SSSR count). The van der Waals surface area contributed by atoms with Crippen LogP contribution in [-0.4, -0.2) is 31.8 Å². The van der Waals surface area contributed by atoms with Gasteiger partial charge in [0.2, 0.25) is 0 Å². The minimum Gasteiger partial charge on any atom is -0.381 e. The summed E-state index contributed by atoms with van der Waals surface area (Å²) in [5.74, 6) is 2.32. The number of aryl methyl sites for hydroxylation is 1. The molecule has 0 aromatic carbocycles. The van der Waals surface area contributed by atoms with Gasteiger partial charge in [0, 0.05) is 38.4 Å². The van der Waals surface area contributed by atoms with E-state index in [0.717, 1.165) is 57.0 Å². The van der Waals surface area contributed by atoms with Gasteiger partial charge in [0.05, 0.1) is 0 Å². The smallest absolute Gasteiger partial charge is 0.128 e. The third kappa shape index (κ3) is 4.35. The van der Waals surface area contributed by atoms with Crippen LogP contribution in [0.25, 0.3) is 0 Å². The Labute approximate surface area is 127 Å². The van der Waals surface area contributed by atoms with E-state index in [4.69, 9.17) is 21.3 Å². The summed E-state index contributed by atoms with van der Waals surface area (Å²) in [7, 11) is 2.13. The van der Waals surface area contributed by atoms with Crippen molar-refractivity contribution in [1.82, 2.24) is 4.98 Å². The summed E-state index contributed by atoms with van der Waals surface area (Å²) in [6, 6.07) is 4.24. The van der Waals surface area contributed by atoms with Crippen molar-refractivity contribution in [3.05, 3.63) is 23.4 Å². The van der Waals surface area contributed by atoms with Crippen LogP contribution in [0.2, 0.25) is 0 Å². The second-order valence-electron chi connectivity index (χ2n) is 5.64. The number of anilines is 1. The molecule has 0 saturated carbocycles. The first-order valence-electron chi connectivity index (χ1n) is 7.57. The molecule has 1 aliphatic heterocycles. The Morgan fingerprint density at radius 3 is 2.75 bits per heavy atom. The van der Waals surface area contributed by atoms with Gasteiger partial charge in [-0.15, -0.1) is 11.6 Å². The minimum absolute atomic E-state index is 0.553. The van der Waals surface area contributed by atoms with Crippen LogP contribution in [0.5, 0.6) is 0 Å². The molecular formula is C16H25ClN2O. The molecule has 0 aliphatic carbocycles. The number of nitrogens with zero attached hydrogens (tertiary/aromatic N) is 2. The number of aromatic nitrogens is 1. The predicted molar refractivity (Wildman–Crippen MR) is 84.6 cm³/mol. The lowest BCUT2D eigenvalue weighted by Crippen LogP contribution is -2.30. The van der Waals surface area contributed by atoms with Gasteiger partial charge in [0.25, 0.3) is 0 Å². The van der Waals surface area contributed by atoms with Gasteiger partial charge in [0.15, 0.2) is 0 Å². The van der Waals surface area contributed by atoms with Gasteiger partial charge in [-0.1, -0.05) is 13.3 Å². The van der Waals surface area contributed by atoms with Gasteiger partial charge in [-0.05, 0) is 42.9 Å². The zero-order valence-corrected chi connectivity index (χ0v) is 13.3. The number of hydrogen-bond acceptors (Lipinski definition) is 3. The molecule has 0 amide bonds. The van der Waals surface area contributed by atoms with E-state index >= 15 is 0 Å². The quantitative estimate of drug-likeness (QED) is 0.750. The van der Waals surface area contributed by atoms with Crippen LogP contribution >= 0.6 is 11.6 Å². The molecule has 1 aliphatic rings. The van der Waals surface area contributed by atoms with E-state index in [0.29, 0.717) is 11.8 Å². The Hall–Kier alpha value is -0.800. The summed E-state index contributed by atoms with van der Waals surface area (Å²) in [4.78, 5) is 7.04. The Bertz CT molecular complexity index is 419. The third-order valence-corrected chi connectivity index (χ3v) is 4.16. The largest absolute Gasteiger partial charge is 0.381 e. The van der Waals surface area contributed by atoms with Gasteiger partial charge < -0.3 is 9.64 Å². The van der Waals surface area contributed by atoms with Crippen molar-refractivity contribution in [3.8, 4) is 0 Å². The average molecular weight is 297 g/mol. The molecule has 3 nitrogen and oxygen atoms in total. The summed E-state index contributed by atoms with van der Waals surface area (Å²) in [6.45, 7) is 5.03. The molecule has 1 aromatic rings. The third-order valence-electron chi connectivity index (χ3n) is 3.85. The van der Waals surface area contributed by atoms with E-state index in [2.05, 4.69) is 31.0 Å². The van der Waals surface area contributed by atoms with Crippen molar-refractivity contribution in [1.29, 1.82) is 0 Å². The van der Waals surface area contributed by atoms with Gasteiger partial charge in [-0.2, -0.15) is 0 Å². The second-order valence-corrected chi connectivity index (χ2v) is 5.91. The van der Waals surface area contributed by atoms with Gasteiger partial charge in [0.1, 0.15) is 5.82 Å². The van der Waals surface area contributed by atoms with Crippen LogP contribution in [0.3, 0.4) is 0 Å². The van der Waals surface area contributed by atoms with E-state index in [1.165, 1.54) is 5.56 Å². The van der Waals surface area contributed by atoms with Crippen molar-refractivity contribution in [2.45, 2.75) is 38.5 Å². The van der Waals surface area contributed by atoms with E-state index in [1.54, 1.807) is 0 Å². The van der Waals surface area contributed by atoms with Crippen molar-refractivity contribution < 1.29 is 4.74 Å². The molecule has 112 valence electrons. The molecule has 4 heteroatoms. The fourth-order valence-corrected chi connectivity index (χ4v) is 2.85. The second kappa shape index (κ2) is 7.84. The SMILES string of the molecule is CCCc1cc(CCl)cc(N(C)CC2CCOCC2)n1. The molecule has 0 radical (unpaired) electrons. The monoisotopic (exact) mass is 296 g/mol. The first-order chi connectivity index (χ1) is 9.72. The predicted octanol–water partition coefficient (Wildman–Crippen LogP) is 3.64. The Morgan fingerprint density at radius 1 is 1.35 bits per heavy atom. The van der Waals surface area contributed by atoms with Crippen molar-refractivity contribution in [2.24, 2.45) is 5.92 Å². The minimum atomic E-state index is 0.553. The topological polar surface area (TPSA) is 25.4 Å². The van der Waals surface area contributed by atoms with E-state index in [-0.39, 0.29) is 0 Å². The molecule has 0 bridgehead atoms. The number of rotatable bonds is 6. The molecule has 1 aromatic heterocycles. The lowest BCUT2D eigenvalue weighted by molar-refractivity contribution is 0.0685. The van der Waals surface area contributed by atoms with Crippen LogP contribution in [0.4, 0.5) is 5.82 Å². The highest BCUT2D eigenvalue weighted by molar-refractivity contribution is 6.17. The summed E-state index contributed by atoms with van der Waals surface area (Å²) in [5, 5.41) is 0. The Balaban J connectivity index is 2.06. The lowest BCUT2D eigenvalue weighted by atomic mass is 10.00. The Kier molecular flexibility index (Phi) is 6.11. The fraction of sp³-hybridized carbons (Fsp3) is 0.688. The molecule has 1 saturated heterocycles. The maximum Gasteiger partial charge on any atom is 0.128 e. The zero-order valence-electron chi connectivity index (χ0n) is 12.6. The van der Waals surface area contributed by atoms with E-state index in [9.17, 15) is 0 Å². The van der Waals surface area contributed by atoms with Crippen LogP contribution in [0, 0.1) is 5.92 Å². The summed E-state index contributed by atoms with van der Waals surface area (Å²) >= 11 is 6.00. The summed E-state index contributed by atoms with van der Waals surface area (Å²) < 4.78 is 5.42. The molecule has 0 atom stereocenters. The molecular weight excluding hydrogens is 272 g/mol. The summed E-state index contributed by atoms with van der Waals surface area (Å²) in [6.07, 6.45) is 4.44. The molecule has 1 fully saturated rings.